The fraction of sp³-hybridized carbons (Fsp3) is 0.857. The molecule has 5 atom stereocenters. The van der Waals surface area contributed by atoms with Crippen molar-refractivity contribution in [1.29, 1.82) is 0 Å². The van der Waals surface area contributed by atoms with E-state index < -0.39 is 0 Å². The molecule has 0 aromatic heterocycles. The fourth-order valence-electron chi connectivity index (χ4n) is 0.703. The van der Waals surface area contributed by atoms with Crippen molar-refractivity contribution in [3.8, 4) is 0 Å². The fourth-order valence-corrected chi connectivity index (χ4v) is 3.19. The van der Waals surface area contributed by atoms with E-state index in [1.807, 2.05) is 13.8 Å². The Bertz CT molecular complexity index is 123. The minimum absolute atomic E-state index is 0.0661. The van der Waals surface area contributed by atoms with Gasteiger partial charge in [0.2, 0.25) is 0 Å². The van der Waals surface area contributed by atoms with Gasteiger partial charge in [0, 0.05) is 0 Å². The molecule has 6 heteroatoms. The zero-order valence-corrected chi connectivity index (χ0v) is 12.9. The maximum Gasteiger partial charge on any atom is 0.165 e. The van der Waals surface area contributed by atoms with E-state index in [0.717, 1.165) is 20.8 Å². The van der Waals surface area contributed by atoms with E-state index >= 15 is 0 Å². The van der Waals surface area contributed by atoms with E-state index in [9.17, 15) is 4.79 Å². The van der Waals surface area contributed by atoms with Gasteiger partial charge in [-0.25, -0.2) is 0 Å². The maximum absolute atomic E-state index is 10.9. The summed E-state index contributed by atoms with van der Waals surface area (Å²) < 4.78 is 0. The highest BCUT2D eigenvalue weighted by atomic mass is 32.4. The maximum atomic E-state index is 10.9. The van der Waals surface area contributed by atoms with Crippen molar-refractivity contribution in [3.63, 3.8) is 0 Å². The minimum atomic E-state index is 0.0661. The van der Waals surface area contributed by atoms with Gasteiger partial charge in [0.05, 0.1) is 6.04 Å². The van der Waals surface area contributed by atoms with Crippen molar-refractivity contribution in [2.75, 3.05) is 0 Å². The summed E-state index contributed by atoms with van der Waals surface area (Å²) in [6.45, 7) is 6.09. The molecule has 0 heterocycles. The number of carbonyl (C=O) groups excluding carboxylic acids is 1. The zero-order valence-electron chi connectivity index (χ0n) is 8.55. The van der Waals surface area contributed by atoms with Crippen LogP contribution in [0.25, 0.3) is 0 Å². The van der Waals surface area contributed by atoms with Gasteiger partial charge < -0.3 is 0 Å². The van der Waals surface area contributed by atoms with Crippen LogP contribution < -0.4 is 5.09 Å². The highest BCUT2D eigenvalue weighted by molar-refractivity contribution is 8.38. The van der Waals surface area contributed by atoms with Crippen LogP contribution in [0.15, 0.2) is 0 Å². The number of nitrogens with one attached hydrogen (secondary N) is 1. The van der Waals surface area contributed by atoms with Gasteiger partial charge in [-0.05, 0) is 14.8 Å². The Morgan fingerprint density at radius 2 is 2.08 bits per heavy atom. The van der Waals surface area contributed by atoms with Gasteiger partial charge in [-0.2, -0.15) is 0 Å². The van der Waals surface area contributed by atoms with Crippen LogP contribution in [0.3, 0.4) is 0 Å². The second kappa shape index (κ2) is 13.4. The van der Waals surface area contributed by atoms with Crippen molar-refractivity contribution in [3.05, 3.63) is 0 Å². The first-order valence-electron chi connectivity index (χ1n) is 4.47. The Morgan fingerprint density at radius 3 is 2.38 bits per heavy atom. The molecule has 0 spiro atoms. The van der Waals surface area contributed by atoms with Crippen molar-refractivity contribution in [2.24, 2.45) is 0 Å². The van der Waals surface area contributed by atoms with Crippen molar-refractivity contribution in [1.82, 2.24) is 5.09 Å². The Kier molecular flexibility index (Phi) is 17.2. The summed E-state index contributed by atoms with van der Waals surface area (Å²) in [5.41, 5.74) is 0.183. The molecule has 0 amide bonds. The lowest BCUT2D eigenvalue weighted by Gasteiger charge is -2.12. The highest BCUT2D eigenvalue weighted by Gasteiger charge is 2.10. The molecule has 0 aromatic carbocycles. The topological polar surface area (TPSA) is 29.1 Å². The third-order valence-electron chi connectivity index (χ3n) is 1.24. The monoisotopic (exact) mass is 259 g/mol. The molecule has 0 saturated heterocycles. The van der Waals surface area contributed by atoms with Gasteiger partial charge in [0.15, 0.2) is 5.52 Å². The first-order valence-corrected chi connectivity index (χ1v) is 9.86. The molecular weight excluding hydrogens is 238 g/mol. The van der Waals surface area contributed by atoms with Gasteiger partial charge in [0.1, 0.15) is 0 Å². The molecule has 0 bridgehead atoms. The molecule has 0 aliphatic heterocycles. The van der Waals surface area contributed by atoms with Gasteiger partial charge >= 0.3 is 0 Å². The summed E-state index contributed by atoms with van der Waals surface area (Å²) in [5, 5.41) is 3.22. The molecule has 0 aliphatic rings. The lowest BCUT2D eigenvalue weighted by molar-refractivity contribution is -0.112. The minimum Gasteiger partial charge on any atom is -0.293 e. The van der Waals surface area contributed by atoms with E-state index in [1.54, 1.807) is 0 Å². The van der Waals surface area contributed by atoms with E-state index in [1.165, 1.54) is 0 Å². The van der Waals surface area contributed by atoms with Crippen LogP contribution in [-0.4, -0.2) is 11.6 Å². The predicted molar refractivity (Wildman–Crippen MR) is 74.2 cm³/mol. The molecule has 0 rings (SSSR count). The standard InChI is InChI=1S/C5H15NOP4.C2H6/c1-2-3-4(5(7)8)6-10-11-9;1-2/h4,6,10-11H,2-3,8-9H2,1H3;1-2H3. The number of carbonyl (C=O) groups is 1. The van der Waals surface area contributed by atoms with Crippen LogP contribution in [0.1, 0.15) is 33.6 Å². The van der Waals surface area contributed by atoms with Gasteiger partial charge in [-0.3, -0.25) is 9.88 Å². The normalized spacial score (nSPS) is 13.3. The molecule has 13 heavy (non-hydrogen) atoms. The van der Waals surface area contributed by atoms with E-state index in [4.69, 9.17) is 0 Å². The molecule has 0 aromatic rings. The average molecular weight is 259 g/mol. The van der Waals surface area contributed by atoms with Gasteiger partial charge in [0.25, 0.3) is 0 Å². The smallest absolute Gasteiger partial charge is 0.165 e. The molecule has 0 fully saturated rings. The lowest BCUT2D eigenvalue weighted by Crippen LogP contribution is -2.26. The first-order chi connectivity index (χ1) is 6.22. The van der Waals surface area contributed by atoms with E-state index in [0.29, 0.717) is 8.42 Å². The van der Waals surface area contributed by atoms with Crippen LogP contribution >= 0.6 is 34.5 Å². The average Bonchev–Trinajstić information content (AvgIpc) is 2.15. The van der Waals surface area contributed by atoms with Crippen molar-refractivity contribution < 1.29 is 4.79 Å². The summed E-state index contributed by atoms with van der Waals surface area (Å²) in [7, 11) is 6.44. The largest absolute Gasteiger partial charge is 0.293 e. The summed E-state index contributed by atoms with van der Waals surface area (Å²) >= 11 is 0. The van der Waals surface area contributed by atoms with E-state index in [2.05, 4.69) is 30.2 Å². The van der Waals surface area contributed by atoms with Crippen LogP contribution in [0.5, 0.6) is 0 Å². The number of rotatable bonds is 6. The SMILES string of the molecule is CC.CCCC(NPPP)C(=O)P. The first kappa shape index (κ1) is 16.8. The Morgan fingerprint density at radius 1 is 1.54 bits per heavy atom. The summed E-state index contributed by atoms with van der Waals surface area (Å²) in [6, 6.07) is 0.0661. The molecule has 80 valence electrons. The summed E-state index contributed by atoms with van der Waals surface area (Å²) in [5.74, 6) is 0. The molecule has 0 aliphatic carbocycles. The van der Waals surface area contributed by atoms with Gasteiger partial charge in [-0.1, -0.05) is 44.4 Å². The molecule has 0 radical (unpaired) electrons. The summed E-state index contributed by atoms with van der Waals surface area (Å²) in [4.78, 5) is 10.9. The van der Waals surface area contributed by atoms with E-state index in [-0.39, 0.29) is 11.6 Å². The molecule has 2 nitrogen and oxygen atoms in total. The summed E-state index contributed by atoms with van der Waals surface area (Å²) in [6.07, 6.45) is 2.01. The molecular formula is C7H21NOP4. The van der Waals surface area contributed by atoms with Crippen LogP contribution in [-0.2, 0) is 4.79 Å². The number of hydrogen-bond donors (Lipinski definition) is 1. The Balaban J connectivity index is 0. The van der Waals surface area contributed by atoms with Crippen LogP contribution in [0.4, 0.5) is 0 Å². The van der Waals surface area contributed by atoms with Crippen LogP contribution in [0.2, 0.25) is 0 Å². The van der Waals surface area contributed by atoms with Crippen molar-refractivity contribution >= 4 is 40.1 Å². The molecule has 5 unspecified atom stereocenters. The Labute approximate surface area is 90.0 Å². The highest BCUT2D eigenvalue weighted by Crippen LogP contribution is 2.40. The van der Waals surface area contributed by atoms with Crippen molar-refractivity contribution in [2.45, 2.75) is 39.7 Å². The third-order valence-corrected chi connectivity index (χ3v) is 4.44. The number of hydrogen-bond acceptors (Lipinski definition) is 2. The van der Waals surface area contributed by atoms with Crippen LogP contribution in [0, 0.1) is 0 Å². The quantitative estimate of drug-likeness (QED) is 0.742. The third kappa shape index (κ3) is 11.3. The zero-order chi connectivity index (χ0) is 10.7. The second-order valence-corrected chi connectivity index (χ2v) is 7.77. The lowest BCUT2D eigenvalue weighted by atomic mass is 10.2. The van der Waals surface area contributed by atoms with Gasteiger partial charge in [-0.15, -0.1) is 8.93 Å². The molecule has 0 saturated carbocycles. The Hall–Kier alpha value is 1.35. The predicted octanol–water partition coefficient (Wildman–Crippen LogP) is 3.15. The molecule has 1 N–H and O–H groups in total. The second-order valence-electron chi connectivity index (χ2n) is 2.16.